The minimum Gasteiger partial charge on any atom is -0.386 e. The first kappa shape index (κ1) is 10.1. The van der Waals surface area contributed by atoms with Crippen LogP contribution in [0.5, 0.6) is 0 Å². The van der Waals surface area contributed by atoms with E-state index in [4.69, 9.17) is 17.3 Å². The van der Waals surface area contributed by atoms with Crippen molar-refractivity contribution in [2.75, 3.05) is 5.88 Å². The molecule has 1 aromatic rings. The van der Waals surface area contributed by atoms with Crippen LogP contribution in [0.25, 0.3) is 0 Å². The maximum Gasteiger partial charge on any atom is 0.115 e. The molecule has 0 aromatic heterocycles. The lowest BCUT2D eigenvalue weighted by Crippen LogP contribution is -2.12. The number of hydrogen-bond acceptors (Lipinski definition) is 1. The van der Waals surface area contributed by atoms with E-state index in [2.05, 4.69) is 11.9 Å². The predicted molar refractivity (Wildman–Crippen MR) is 57.8 cm³/mol. The van der Waals surface area contributed by atoms with Crippen LogP contribution in [0.2, 0.25) is 0 Å². The molecule has 13 heavy (non-hydrogen) atoms. The van der Waals surface area contributed by atoms with E-state index in [1.807, 2.05) is 24.3 Å². The van der Waals surface area contributed by atoms with Crippen LogP contribution in [0.1, 0.15) is 12.5 Å². The summed E-state index contributed by atoms with van der Waals surface area (Å²) >= 11 is 5.54. The zero-order valence-corrected chi connectivity index (χ0v) is 8.38. The smallest absolute Gasteiger partial charge is 0.115 e. The first-order chi connectivity index (χ1) is 6.27. The molecule has 0 aliphatic rings. The van der Waals surface area contributed by atoms with Gasteiger partial charge in [-0.1, -0.05) is 25.1 Å². The zero-order chi connectivity index (χ0) is 9.68. The van der Waals surface area contributed by atoms with Crippen LogP contribution in [0.3, 0.4) is 0 Å². The highest BCUT2D eigenvalue weighted by atomic mass is 35.5. The predicted octanol–water partition coefficient (Wildman–Crippen LogP) is 2.48. The Hall–Kier alpha value is -1.02. The number of alkyl halides is 1. The van der Waals surface area contributed by atoms with Gasteiger partial charge < -0.3 is 5.73 Å². The topological polar surface area (TPSA) is 38.4 Å². The Balaban J connectivity index is 2.99. The molecular weight excluding hydrogens is 184 g/mol. The van der Waals surface area contributed by atoms with Gasteiger partial charge in [0.2, 0.25) is 0 Å². The third kappa shape index (κ3) is 2.74. The highest BCUT2D eigenvalue weighted by Gasteiger charge is 1.97. The summed E-state index contributed by atoms with van der Waals surface area (Å²) in [6, 6.07) is 7.92. The minimum absolute atomic E-state index is 0.276. The fourth-order valence-corrected chi connectivity index (χ4v) is 1.16. The van der Waals surface area contributed by atoms with Gasteiger partial charge in [0, 0.05) is 0 Å². The number of benzene rings is 1. The monoisotopic (exact) mass is 196 g/mol. The molecule has 2 nitrogen and oxygen atoms in total. The van der Waals surface area contributed by atoms with E-state index < -0.39 is 0 Å². The SMILES string of the molecule is CCc1ccccc1N=C(N)CCl. The third-order valence-electron chi connectivity index (χ3n) is 1.77. The Bertz CT molecular complexity index is 308. The van der Waals surface area contributed by atoms with Crippen molar-refractivity contribution in [1.82, 2.24) is 0 Å². The zero-order valence-electron chi connectivity index (χ0n) is 7.63. The number of aryl methyl sites for hydroxylation is 1. The molecule has 2 N–H and O–H groups in total. The third-order valence-corrected chi connectivity index (χ3v) is 2.05. The first-order valence-electron chi connectivity index (χ1n) is 4.24. The van der Waals surface area contributed by atoms with Gasteiger partial charge in [-0.2, -0.15) is 0 Å². The summed E-state index contributed by atoms with van der Waals surface area (Å²) in [6.45, 7) is 2.09. The molecule has 0 saturated carbocycles. The van der Waals surface area contributed by atoms with Crippen molar-refractivity contribution in [3.8, 4) is 0 Å². The summed E-state index contributed by atoms with van der Waals surface area (Å²) in [4.78, 5) is 4.21. The van der Waals surface area contributed by atoms with Crippen molar-refractivity contribution in [2.45, 2.75) is 13.3 Å². The Labute approximate surface area is 83.4 Å². The van der Waals surface area contributed by atoms with Crippen molar-refractivity contribution in [1.29, 1.82) is 0 Å². The highest BCUT2D eigenvalue weighted by molar-refractivity contribution is 6.28. The van der Waals surface area contributed by atoms with Crippen LogP contribution < -0.4 is 5.73 Å². The molecule has 0 unspecified atom stereocenters. The average Bonchev–Trinajstić information content (AvgIpc) is 2.18. The number of halogens is 1. The van der Waals surface area contributed by atoms with Crippen LogP contribution in [0.15, 0.2) is 29.3 Å². The van der Waals surface area contributed by atoms with Crippen LogP contribution in [-0.2, 0) is 6.42 Å². The number of hydrogen-bond donors (Lipinski definition) is 1. The van der Waals surface area contributed by atoms with E-state index in [1.54, 1.807) is 0 Å². The normalized spacial score (nSPS) is 11.7. The van der Waals surface area contributed by atoms with E-state index in [0.717, 1.165) is 12.1 Å². The molecule has 70 valence electrons. The first-order valence-corrected chi connectivity index (χ1v) is 4.78. The lowest BCUT2D eigenvalue weighted by molar-refractivity contribution is 1.13. The Morgan fingerprint density at radius 1 is 1.46 bits per heavy atom. The molecule has 0 aliphatic carbocycles. The second-order valence-corrected chi connectivity index (χ2v) is 2.99. The molecule has 0 fully saturated rings. The molecule has 1 rings (SSSR count). The van der Waals surface area contributed by atoms with Crippen molar-refractivity contribution in [3.63, 3.8) is 0 Å². The van der Waals surface area contributed by atoms with Crippen molar-refractivity contribution >= 4 is 23.1 Å². The number of para-hydroxylation sites is 1. The summed E-state index contributed by atoms with van der Waals surface area (Å²) in [6.07, 6.45) is 0.954. The van der Waals surface area contributed by atoms with Crippen LogP contribution in [0.4, 0.5) is 5.69 Å². The van der Waals surface area contributed by atoms with Gasteiger partial charge in [-0.25, -0.2) is 4.99 Å². The molecule has 0 aliphatic heterocycles. The molecule has 0 saturated heterocycles. The molecule has 3 heteroatoms. The van der Waals surface area contributed by atoms with E-state index in [-0.39, 0.29) is 5.88 Å². The van der Waals surface area contributed by atoms with Crippen LogP contribution in [0, 0.1) is 0 Å². The van der Waals surface area contributed by atoms with E-state index in [1.165, 1.54) is 5.56 Å². The number of nitrogens with two attached hydrogens (primary N) is 1. The summed E-state index contributed by atoms with van der Waals surface area (Å²) in [5.74, 6) is 0.737. The van der Waals surface area contributed by atoms with Gasteiger partial charge in [0.15, 0.2) is 0 Å². The summed E-state index contributed by atoms with van der Waals surface area (Å²) in [5, 5.41) is 0. The van der Waals surface area contributed by atoms with Gasteiger partial charge in [-0.3, -0.25) is 0 Å². The van der Waals surface area contributed by atoms with Crippen molar-refractivity contribution < 1.29 is 0 Å². The highest BCUT2D eigenvalue weighted by Crippen LogP contribution is 2.18. The molecule has 1 aromatic carbocycles. The maximum atomic E-state index is 5.55. The molecule has 0 heterocycles. The van der Waals surface area contributed by atoms with E-state index >= 15 is 0 Å². The largest absolute Gasteiger partial charge is 0.386 e. The minimum atomic E-state index is 0.276. The lowest BCUT2D eigenvalue weighted by atomic mass is 10.1. The van der Waals surface area contributed by atoms with E-state index in [0.29, 0.717) is 5.84 Å². The molecule has 0 atom stereocenters. The van der Waals surface area contributed by atoms with Gasteiger partial charge in [-0.05, 0) is 18.1 Å². The number of amidine groups is 1. The van der Waals surface area contributed by atoms with E-state index in [9.17, 15) is 0 Å². The lowest BCUT2D eigenvalue weighted by Gasteiger charge is -2.02. The fourth-order valence-electron chi connectivity index (χ4n) is 1.10. The second kappa shape index (κ2) is 4.87. The number of rotatable bonds is 3. The fraction of sp³-hybridized carbons (Fsp3) is 0.300. The van der Waals surface area contributed by atoms with Crippen LogP contribution in [-0.4, -0.2) is 11.7 Å². The Morgan fingerprint density at radius 3 is 2.77 bits per heavy atom. The summed E-state index contributed by atoms with van der Waals surface area (Å²) < 4.78 is 0. The van der Waals surface area contributed by atoms with Gasteiger partial charge in [0.1, 0.15) is 5.84 Å². The molecule has 0 spiro atoms. The maximum absolute atomic E-state index is 5.55. The molecule has 0 amide bonds. The van der Waals surface area contributed by atoms with Crippen molar-refractivity contribution in [3.05, 3.63) is 29.8 Å². The van der Waals surface area contributed by atoms with Gasteiger partial charge >= 0.3 is 0 Å². The van der Waals surface area contributed by atoms with Crippen molar-refractivity contribution in [2.24, 2.45) is 10.7 Å². The Kier molecular flexibility index (Phi) is 3.77. The number of aliphatic imine (C=N–C) groups is 1. The van der Waals surface area contributed by atoms with Gasteiger partial charge in [-0.15, -0.1) is 11.6 Å². The van der Waals surface area contributed by atoms with Crippen LogP contribution >= 0.6 is 11.6 Å². The summed E-state index contributed by atoms with van der Waals surface area (Å²) in [5.41, 5.74) is 7.66. The summed E-state index contributed by atoms with van der Waals surface area (Å²) in [7, 11) is 0. The molecule has 0 radical (unpaired) electrons. The quantitative estimate of drug-likeness (QED) is 0.450. The standard InChI is InChI=1S/C10H13ClN2/c1-2-8-5-3-4-6-9(8)13-10(12)7-11/h3-6H,2,7H2,1H3,(H2,12,13). The number of nitrogens with zero attached hydrogens (tertiary/aromatic N) is 1. The average molecular weight is 197 g/mol. The molecular formula is C10H13ClN2. The van der Waals surface area contributed by atoms with Gasteiger partial charge in [0.05, 0.1) is 11.6 Å². The molecule has 0 bridgehead atoms. The Morgan fingerprint density at radius 2 is 2.15 bits per heavy atom. The second-order valence-electron chi connectivity index (χ2n) is 2.72. The van der Waals surface area contributed by atoms with Gasteiger partial charge in [0.25, 0.3) is 0 Å².